The van der Waals surface area contributed by atoms with Crippen LogP contribution in [0.15, 0.2) is 6.07 Å². The molecule has 1 saturated heterocycles. The van der Waals surface area contributed by atoms with Crippen LogP contribution >= 0.6 is 11.5 Å². The van der Waals surface area contributed by atoms with Gasteiger partial charge in [0.15, 0.2) is 0 Å². The van der Waals surface area contributed by atoms with E-state index in [1.807, 2.05) is 6.07 Å². The van der Waals surface area contributed by atoms with Crippen molar-refractivity contribution in [2.75, 3.05) is 43.4 Å². The first-order valence-corrected chi connectivity index (χ1v) is 6.62. The highest BCUT2D eigenvalue weighted by Crippen LogP contribution is 2.23. The maximum absolute atomic E-state index is 5.64. The largest absolute Gasteiger partial charge is 0.383 e. The Bertz CT molecular complexity index is 328. The second-order valence-corrected chi connectivity index (χ2v) is 5.55. The van der Waals surface area contributed by atoms with E-state index >= 15 is 0 Å². The van der Waals surface area contributed by atoms with Crippen LogP contribution in [0.25, 0.3) is 0 Å². The number of nitrogens with zero attached hydrogens (tertiary/aromatic N) is 3. The zero-order valence-electron chi connectivity index (χ0n) is 10.0. The van der Waals surface area contributed by atoms with Crippen LogP contribution in [0.1, 0.15) is 13.8 Å². The monoisotopic (exact) mass is 240 g/mol. The molecule has 0 radical (unpaired) electrons. The van der Waals surface area contributed by atoms with Crippen LogP contribution in [0, 0.1) is 5.92 Å². The molecule has 1 aromatic heterocycles. The number of piperazine rings is 1. The molecule has 1 fully saturated rings. The van der Waals surface area contributed by atoms with Crippen LogP contribution in [0.5, 0.6) is 0 Å². The topological polar surface area (TPSA) is 45.4 Å². The summed E-state index contributed by atoms with van der Waals surface area (Å²) in [6, 6.07) is 1.97. The number of rotatable bonds is 3. The fourth-order valence-corrected chi connectivity index (χ4v) is 2.82. The maximum atomic E-state index is 5.64. The summed E-state index contributed by atoms with van der Waals surface area (Å²) in [6.45, 7) is 10.2. The lowest BCUT2D eigenvalue weighted by Gasteiger charge is -2.35. The van der Waals surface area contributed by atoms with Crippen LogP contribution in [-0.4, -0.2) is 42.0 Å². The lowest BCUT2D eigenvalue weighted by molar-refractivity contribution is 0.231. The van der Waals surface area contributed by atoms with Crippen LogP contribution in [0.3, 0.4) is 0 Å². The Morgan fingerprint density at radius 2 is 2.06 bits per heavy atom. The van der Waals surface area contributed by atoms with Gasteiger partial charge in [-0.15, -0.1) is 0 Å². The van der Waals surface area contributed by atoms with E-state index in [1.165, 1.54) is 23.1 Å². The fourth-order valence-electron chi connectivity index (χ4n) is 2.09. The zero-order chi connectivity index (χ0) is 11.5. The molecular weight excluding hydrogens is 220 g/mol. The SMILES string of the molecule is CC(C)CN1CCN(c2cc(N)ns2)CC1. The molecule has 1 aromatic rings. The van der Waals surface area contributed by atoms with E-state index in [0.717, 1.165) is 32.1 Å². The van der Waals surface area contributed by atoms with Crippen molar-refractivity contribution in [1.29, 1.82) is 0 Å². The molecule has 90 valence electrons. The van der Waals surface area contributed by atoms with Gasteiger partial charge in [0, 0.05) is 38.8 Å². The fraction of sp³-hybridized carbons (Fsp3) is 0.727. The van der Waals surface area contributed by atoms with Gasteiger partial charge in [-0.2, -0.15) is 4.37 Å². The first-order valence-electron chi connectivity index (χ1n) is 5.84. The van der Waals surface area contributed by atoms with Gasteiger partial charge in [-0.05, 0) is 17.5 Å². The van der Waals surface area contributed by atoms with E-state index in [9.17, 15) is 0 Å². The number of hydrogen-bond donors (Lipinski definition) is 1. The number of hydrogen-bond acceptors (Lipinski definition) is 5. The Morgan fingerprint density at radius 3 is 2.56 bits per heavy atom. The highest BCUT2D eigenvalue weighted by molar-refractivity contribution is 7.10. The van der Waals surface area contributed by atoms with Crippen molar-refractivity contribution in [1.82, 2.24) is 9.27 Å². The molecule has 0 atom stereocenters. The lowest BCUT2D eigenvalue weighted by atomic mass is 10.2. The molecule has 2 N–H and O–H groups in total. The molecule has 4 nitrogen and oxygen atoms in total. The molecular formula is C11H20N4S. The number of nitrogen functional groups attached to an aromatic ring is 1. The second kappa shape index (κ2) is 5.01. The first kappa shape index (κ1) is 11.7. The van der Waals surface area contributed by atoms with E-state index in [4.69, 9.17) is 5.73 Å². The summed E-state index contributed by atoms with van der Waals surface area (Å²) in [6.07, 6.45) is 0. The summed E-state index contributed by atoms with van der Waals surface area (Å²) >= 11 is 1.50. The van der Waals surface area contributed by atoms with Crippen LogP contribution in [0.2, 0.25) is 0 Å². The Kier molecular flexibility index (Phi) is 3.66. The number of anilines is 2. The minimum atomic E-state index is 0.643. The first-order chi connectivity index (χ1) is 7.65. The molecule has 16 heavy (non-hydrogen) atoms. The van der Waals surface area contributed by atoms with Crippen molar-refractivity contribution in [3.63, 3.8) is 0 Å². The third-order valence-corrected chi connectivity index (χ3v) is 3.69. The van der Waals surface area contributed by atoms with Gasteiger partial charge in [-0.3, -0.25) is 4.90 Å². The molecule has 0 unspecified atom stereocenters. The predicted molar refractivity (Wildman–Crippen MR) is 70.0 cm³/mol. The summed E-state index contributed by atoms with van der Waals surface area (Å²) in [5, 5.41) is 1.21. The highest BCUT2D eigenvalue weighted by atomic mass is 32.1. The molecule has 2 heterocycles. The van der Waals surface area contributed by atoms with Crippen LogP contribution < -0.4 is 10.6 Å². The Morgan fingerprint density at radius 1 is 1.38 bits per heavy atom. The Hall–Kier alpha value is -0.810. The van der Waals surface area contributed by atoms with E-state index in [0.29, 0.717) is 5.82 Å². The minimum absolute atomic E-state index is 0.643. The summed E-state index contributed by atoms with van der Waals surface area (Å²) in [4.78, 5) is 4.91. The molecule has 0 spiro atoms. The van der Waals surface area contributed by atoms with Crippen molar-refractivity contribution in [2.24, 2.45) is 5.92 Å². The van der Waals surface area contributed by atoms with Gasteiger partial charge in [0.05, 0.1) is 0 Å². The quantitative estimate of drug-likeness (QED) is 0.870. The maximum Gasteiger partial charge on any atom is 0.139 e. The van der Waals surface area contributed by atoms with E-state index in [2.05, 4.69) is 28.0 Å². The van der Waals surface area contributed by atoms with Crippen molar-refractivity contribution in [3.8, 4) is 0 Å². The third kappa shape index (κ3) is 2.86. The molecule has 0 aromatic carbocycles. The summed E-state index contributed by atoms with van der Waals surface area (Å²) in [7, 11) is 0. The normalized spacial score (nSPS) is 18.3. The lowest BCUT2D eigenvalue weighted by Crippen LogP contribution is -2.47. The molecule has 5 heteroatoms. The van der Waals surface area contributed by atoms with Crippen molar-refractivity contribution in [2.45, 2.75) is 13.8 Å². The van der Waals surface area contributed by atoms with E-state index in [-0.39, 0.29) is 0 Å². The molecule has 2 rings (SSSR count). The summed E-state index contributed by atoms with van der Waals surface area (Å²) in [5.41, 5.74) is 5.64. The van der Waals surface area contributed by atoms with Crippen LogP contribution in [-0.2, 0) is 0 Å². The van der Waals surface area contributed by atoms with Gasteiger partial charge in [-0.25, -0.2) is 0 Å². The average Bonchev–Trinajstić information content (AvgIpc) is 2.65. The minimum Gasteiger partial charge on any atom is -0.383 e. The highest BCUT2D eigenvalue weighted by Gasteiger charge is 2.18. The van der Waals surface area contributed by atoms with Gasteiger partial charge < -0.3 is 10.6 Å². The van der Waals surface area contributed by atoms with E-state index in [1.54, 1.807) is 0 Å². The zero-order valence-corrected chi connectivity index (χ0v) is 10.8. The second-order valence-electron chi connectivity index (χ2n) is 4.77. The molecule has 1 aliphatic heterocycles. The molecule has 0 saturated carbocycles. The smallest absolute Gasteiger partial charge is 0.139 e. The Balaban J connectivity index is 1.85. The van der Waals surface area contributed by atoms with Crippen molar-refractivity contribution < 1.29 is 0 Å². The molecule has 0 amide bonds. The van der Waals surface area contributed by atoms with Gasteiger partial charge in [0.1, 0.15) is 10.8 Å². The van der Waals surface area contributed by atoms with Gasteiger partial charge in [0.25, 0.3) is 0 Å². The Labute approximate surface area is 101 Å². The average molecular weight is 240 g/mol. The summed E-state index contributed by atoms with van der Waals surface area (Å²) in [5.74, 6) is 1.40. The number of aromatic nitrogens is 1. The standard InChI is InChI=1S/C11H20N4S/c1-9(2)8-14-3-5-15(6-4-14)11-7-10(12)13-16-11/h7,9H,3-6,8H2,1-2H3,(H2,12,13). The predicted octanol–water partition coefficient (Wildman–Crippen LogP) is 1.50. The number of nitrogens with two attached hydrogens (primary N) is 1. The van der Waals surface area contributed by atoms with E-state index < -0.39 is 0 Å². The van der Waals surface area contributed by atoms with Gasteiger partial charge in [-0.1, -0.05) is 13.8 Å². The molecule has 0 bridgehead atoms. The molecule has 0 aliphatic carbocycles. The summed E-state index contributed by atoms with van der Waals surface area (Å²) < 4.78 is 4.12. The third-order valence-electron chi connectivity index (χ3n) is 2.82. The molecule has 1 aliphatic rings. The van der Waals surface area contributed by atoms with Gasteiger partial charge in [0.2, 0.25) is 0 Å². The van der Waals surface area contributed by atoms with Crippen molar-refractivity contribution in [3.05, 3.63) is 6.07 Å². The van der Waals surface area contributed by atoms with Crippen molar-refractivity contribution >= 4 is 22.4 Å². The van der Waals surface area contributed by atoms with Crippen LogP contribution in [0.4, 0.5) is 10.8 Å². The van der Waals surface area contributed by atoms with Gasteiger partial charge >= 0.3 is 0 Å².